The zero-order valence-electron chi connectivity index (χ0n) is 15.5. The van der Waals surface area contributed by atoms with Crippen molar-refractivity contribution >= 4 is 16.8 Å². The van der Waals surface area contributed by atoms with E-state index in [0.717, 1.165) is 0 Å². The molecule has 4 heterocycles. The van der Waals surface area contributed by atoms with E-state index >= 15 is 0 Å². The van der Waals surface area contributed by atoms with E-state index in [1.807, 2.05) is 0 Å². The predicted octanol–water partition coefficient (Wildman–Crippen LogP) is 0.552. The van der Waals surface area contributed by atoms with Crippen LogP contribution in [0.1, 0.15) is 23.5 Å². The number of hydrogen-bond acceptors (Lipinski definition) is 6. The Morgan fingerprint density at radius 3 is 2.96 bits per heavy atom. The summed E-state index contributed by atoms with van der Waals surface area (Å²) in [6.45, 7) is 2.27. The maximum absolute atomic E-state index is 13.4. The van der Waals surface area contributed by atoms with Gasteiger partial charge in [-0.15, -0.1) is 0 Å². The van der Waals surface area contributed by atoms with Crippen molar-refractivity contribution in [2.45, 2.75) is 24.5 Å². The highest BCUT2D eigenvalue weighted by Gasteiger charge is 2.56. The predicted molar refractivity (Wildman–Crippen MR) is 100.0 cm³/mol. The molecule has 0 unspecified atom stereocenters. The van der Waals surface area contributed by atoms with E-state index < -0.39 is 5.60 Å². The average molecular weight is 385 g/mol. The number of carbonyl (C=O) groups excluding carboxylic acids is 1. The normalized spacial score (nSPS) is 32.6. The first-order valence-electron chi connectivity index (χ1n) is 9.76. The van der Waals surface area contributed by atoms with Crippen LogP contribution < -0.4 is 5.56 Å². The van der Waals surface area contributed by atoms with Crippen LogP contribution in [0.4, 0.5) is 0 Å². The number of aromatic amines is 1. The molecule has 2 aromatic rings. The second-order valence-corrected chi connectivity index (χ2v) is 7.94. The molecule has 8 heteroatoms. The van der Waals surface area contributed by atoms with E-state index in [1.165, 1.54) is 0 Å². The lowest BCUT2D eigenvalue weighted by molar-refractivity contribution is -0.212. The number of aliphatic hydroxyl groups is 1. The summed E-state index contributed by atoms with van der Waals surface area (Å²) in [5, 5.41) is 11.8. The van der Waals surface area contributed by atoms with Crippen LogP contribution in [-0.2, 0) is 9.47 Å². The Hall–Kier alpha value is -2.29. The van der Waals surface area contributed by atoms with Gasteiger partial charge in [-0.25, -0.2) is 4.98 Å². The lowest BCUT2D eigenvalue weighted by Crippen LogP contribution is -2.68. The third-order valence-electron chi connectivity index (χ3n) is 6.53. The number of likely N-dealkylation sites (tertiary alicyclic amines) is 1. The molecule has 2 N–H and O–H groups in total. The smallest absolute Gasteiger partial charge is 0.290 e. The number of para-hydroxylation sites is 1. The molecule has 3 fully saturated rings. The summed E-state index contributed by atoms with van der Waals surface area (Å²) in [5.74, 6) is -0.621. The third kappa shape index (κ3) is 2.67. The van der Waals surface area contributed by atoms with Crippen LogP contribution in [0, 0.1) is 11.8 Å². The topological polar surface area (TPSA) is 105 Å². The molecular weight excluding hydrogens is 362 g/mol. The fraction of sp³-hybridized carbons (Fsp3) is 0.550. The molecular formula is C20H23N3O5. The highest BCUT2D eigenvalue weighted by Crippen LogP contribution is 2.44. The number of H-pyrrole nitrogens is 1. The number of benzene rings is 1. The molecule has 28 heavy (non-hydrogen) atoms. The SMILES string of the molecule is O=C(c1nc2ccccc2c(=O)[nH]1)N1C[C@H]2COCC[C@@]2(O)[C@@H]2COCC[C@@H]21. The van der Waals surface area contributed by atoms with Crippen LogP contribution in [0.5, 0.6) is 0 Å². The van der Waals surface area contributed by atoms with Crippen molar-refractivity contribution in [2.75, 3.05) is 33.0 Å². The zero-order chi connectivity index (χ0) is 19.3. The molecule has 0 aliphatic carbocycles. The molecule has 8 nitrogen and oxygen atoms in total. The van der Waals surface area contributed by atoms with Crippen LogP contribution in [0.15, 0.2) is 29.1 Å². The van der Waals surface area contributed by atoms with Crippen LogP contribution in [-0.4, -0.2) is 70.5 Å². The maximum Gasteiger partial charge on any atom is 0.290 e. The first-order chi connectivity index (χ1) is 13.6. The zero-order valence-corrected chi connectivity index (χ0v) is 15.5. The molecule has 1 aromatic heterocycles. The Morgan fingerprint density at radius 1 is 1.25 bits per heavy atom. The number of carbonyl (C=O) groups is 1. The third-order valence-corrected chi connectivity index (χ3v) is 6.53. The van der Waals surface area contributed by atoms with Crippen LogP contribution in [0.25, 0.3) is 10.9 Å². The molecule has 5 rings (SSSR count). The molecule has 1 amide bonds. The molecule has 3 saturated heterocycles. The van der Waals surface area contributed by atoms with Gasteiger partial charge >= 0.3 is 0 Å². The van der Waals surface area contributed by atoms with Gasteiger partial charge < -0.3 is 24.5 Å². The Labute approximate surface area is 161 Å². The molecule has 3 aliphatic rings. The van der Waals surface area contributed by atoms with Crippen LogP contribution in [0.3, 0.4) is 0 Å². The molecule has 0 radical (unpaired) electrons. The van der Waals surface area contributed by atoms with Crippen molar-refractivity contribution in [2.24, 2.45) is 11.8 Å². The molecule has 0 bridgehead atoms. The van der Waals surface area contributed by atoms with Crippen molar-refractivity contribution in [1.29, 1.82) is 0 Å². The molecule has 1 aromatic carbocycles. The lowest BCUT2D eigenvalue weighted by atomic mass is 9.66. The van der Waals surface area contributed by atoms with Gasteiger partial charge in [0.25, 0.3) is 11.5 Å². The largest absolute Gasteiger partial charge is 0.389 e. The van der Waals surface area contributed by atoms with Crippen molar-refractivity contribution in [3.05, 3.63) is 40.4 Å². The number of amides is 1. The van der Waals surface area contributed by atoms with E-state index in [9.17, 15) is 14.7 Å². The fourth-order valence-corrected chi connectivity index (χ4v) is 5.02. The van der Waals surface area contributed by atoms with Crippen molar-refractivity contribution in [3.8, 4) is 0 Å². The van der Waals surface area contributed by atoms with Gasteiger partial charge in [0.2, 0.25) is 0 Å². The first kappa shape index (κ1) is 17.8. The van der Waals surface area contributed by atoms with Crippen LogP contribution >= 0.6 is 0 Å². The Kier molecular flexibility index (Phi) is 4.22. The summed E-state index contributed by atoms with van der Waals surface area (Å²) >= 11 is 0. The highest BCUT2D eigenvalue weighted by atomic mass is 16.5. The number of rotatable bonds is 1. The number of fused-ring (bicyclic) bond motifs is 4. The molecule has 3 aliphatic heterocycles. The summed E-state index contributed by atoms with van der Waals surface area (Å²) in [4.78, 5) is 34.6. The molecule has 148 valence electrons. The van der Waals surface area contributed by atoms with Gasteiger partial charge in [0.05, 0.1) is 29.7 Å². The minimum Gasteiger partial charge on any atom is -0.389 e. The van der Waals surface area contributed by atoms with Gasteiger partial charge in [-0.1, -0.05) is 12.1 Å². The van der Waals surface area contributed by atoms with E-state index in [0.29, 0.717) is 56.7 Å². The monoisotopic (exact) mass is 385 g/mol. The standard InChI is InChI=1S/C20H23N3O5/c24-18-13-3-1-2-4-15(13)21-17(22-18)19(25)23-9-12-10-28-8-6-20(12,26)14-11-27-7-5-16(14)23/h1-4,12,14,16,26H,5-11H2,(H,21,22,24)/t12-,14+,16-,20-/m0/s1. The van der Waals surface area contributed by atoms with Gasteiger partial charge in [-0.05, 0) is 18.6 Å². The summed E-state index contributed by atoms with van der Waals surface area (Å²) < 4.78 is 11.2. The summed E-state index contributed by atoms with van der Waals surface area (Å²) in [6.07, 6.45) is 1.21. The molecule has 4 atom stereocenters. The van der Waals surface area contributed by atoms with Gasteiger partial charge in [0.15, 0.2) is 5.82 Å². The molecule has 0 spiro atoms. The van der Waals surface area contributed by atoms with E-state index in [2.05, 4.69) is 9.97 Å². The minimum absolute atomic E-state index is 0.0381. The number of nitrogens with zero attached hydrogens (tertiary/aromatic N) is 2. The number of aromatic nitrogens is 2. The first-order valence-corrected chi connectivity index (χ1v) is 9.76. The highest BCUT2D eigenvalue weighted by molar-refractivity contribution is 5.93. The number of ether oxygens (including phenoxy) is 2. The van der Waals surface area contributed by atoms with Crippen LogP contribution in [0.2, 0.25) is 0 Å². The van der Waals surface area contributed by atoms with Crippen molar-refractivity contribution < 1.29 is 19.4 Å². The lowest BCUT2D eigenvalue weighted by Gasteiger charge is -2.56. The van der Waals surface area contributed by atoms with Gasteiger partial charge in [-0.2, -0.15) is 0 Å². The number of nitrogens with one attached hydrogen (secondary N) is 1. The van der Waals surface area contributed by atoms with E-state index in [-0.39, 0.29) is 35.2 Å². The average Bonchev–Trinajstić information content (AvgIpc) is 2.73. The van der Waals surface area contributed by atoms with E-state index in [1.54, 1.807) is 29.2 Å². The second-order valence-electron chi connectivity index (χ2n) is 7.94. The van der Waals surface area contributed by atoms with Gasteiger partial charge in [-0.3, -0.25) is 9.59 Å². The van der Waals surface area contributed by atoms with Gasteiger partial charge in [0, 0.05) is 44.1 Å². The van der Waals surface area contributed by atoms with E-state index in [4.69, 9.17) is 9.47 Å². The minimum atomic E-state index is -0.885. The van der Waals surface area contributed by atoms with Crippen molar-refractivity contribution in [1.82, 2.24) is 14.9 Å². The number of hydrogen-bond donors (Lipinski definition) is 2. The fourth-order valence-electron chi connectivity index (χ4n) is 5.02. The second kappa shape index (κ2) is 6.65. The Bertz CT molecular complexity index is 976. The Balaban J connectivity index is 1.53. The van der Waals surface area contributed by atoms with Crippen molar-refractivity contribution in [3.63, 3.8) is 0 Å². The van der Waals surface area contributed by atoms with Gasteiger partial charge in [0.1, 0.15) is 0 Å². The quantitative estimate of drug-likeness (QED) is 0.743. The number of piperidine rings is 1. The summed E-state index contributed by atoms with van der Waals surface area (Å²) in [5.41, 5.74) is -0.718. The summed E-state index contributed by atoms with van der Waals surface area (Å²) in [7, 11) is 0. The Morgan fingerprint density at radius 2 is 2.07 bits per heavy atom. The molecule has 0 saturated carbocycles. The summed E-state index contributed by atoms with van der Waals surface area (Å²) in [6, 6.07) is 6.82. The maximum atomic E-state index is 13.4.